The van der Waals surface area contributed by atoms with Crippen molar-refractivity contribution < 1.29 is 9.66 Å². The summed E-state index contributed by atoms with van der Waals surface area (Å²) in [6.07, 6.45) is 1.24. The zero-order valence-corrected chi connectivity index (χ0v) is 10.0. The molecule has 8 nitrogen and oxygen atoms in total. The molecule has 2 rings (SSSR count). The second-order valence-electron chi connectivity index (χ2n) is 3.72. The van der Waals surface area contributed by atoms with E-state index >= 15 is 0 Å². The van der Waals surface area contributed by atoms with Gasteiger partial charge in [0.2, 0.25) is 11.6 Å². The molecule has 0 aliphatic carbocycles. The van der Waals surface area contributed by atoms with Crippen molar-refractivity contribution in [1.82, 2.24) is 9.97 Å². The summed E-state index contributed by atoms with van der Waals surface area (Å²) in [4.78, 5) is 18.1. The van der Waals surface area contributed by atoms with Crippen LogP contribution in [0.2, 0.25) is 0 Å². The Hall–Kier alpha value is -2.74. The largest absolute Gasteiger partial charge is 0.432 e. The van der Waals surface area contributed by atoms with Crippen molar-refractivity contribution in [2.45, 2.75) is 6.92 Å². The SMILES string of the molecule is Cc1ccc(Oc2cc(NN)ncn2)c([N+](=O)[O-])c1. The van der Waals surface area contributed by atoms with Crippen LogP contribution in [0.15, 0.2) is 30.6 Å². The second kappa shape index (κ2) is 5.27. The van der Waals surface area contributed by atoms with E-state index < -0.39 is 4.92 Å². The van der Waals surface area contributed by atoms with Gasteiger partial charge < -0.3 is 10.2 Å². The van der Waals surface area contributed by atoms with Gasteiger partial charge in [-0.3, -0.25) is 10.1 Å². The predicted molar refractivity (Wildman–Crippen MR) is 67.7 cm³/mol. The number of benzene rings is 1. The highest BCUT2D eigenvalue weighted by atomic mass is 16.6. The fourth-order valence-corrected chi connectivity index (χ4v) is 1.44. The van der Waals surface area contributed by atoms with Gasteiger partial charge >= 0.3 is 5.69 Å². The van der Waals surface area contributed by atoms with Crippen molar-refractivity contribution in [3.05, 3.63) is 46.3 Å². The van der Waals surface area contributed by atoms with Crippen molar-refractivity contribution in [1.29, 1.82) is 0 Å². The Morgan fingerprint density at radius 3 is 2.84 bits per heavy atom. The quantitative estimate of drug-likeness (QED) is 0.489. The number of rotatable bonds is 4. The van der Waals surface area contributed by atoms with E-state index in [-0.39, 0.29) is 17.3 Å². The number of hydrazine groups is 1. The fourth-order valence-electron chi connectivity index (χ4n) is 1.44. The molecule has 0 aliphatic heterocycles. The van der Waals surface area contributed by atoms with Gasteiger partial charge in [0.15, 0.2) is 0 Å². The summed E-state index contributed by atoms with van der Waals surface area (Å²) < 4.78 is 5.38. The first-order valence-corrected chi connectivity index (χ1v) is 5.31. The third-order valence-electron chi connectivity index (χ3n) is 2.32. The number of anilines is 1. The van der Waals surface area contributed by atoms with E-state index in [1.54, 1.807) is 13.0 Å². The maximum Gasteiger partial charge on any atom is 0.311 e. The van der Waals surface area contributed by atoms with E-state index in [1.807, 2.05) is 0 Å². The highest BCUT2D eigenvalue weighted by molar-refractivity contribution is 5.50. The Morgan fingerprint density at radius 2 is 2.16 bits per heavy atom. The van der Waals surface area contributed by atoms with Crippen LogP contribution >= 0.6 is 0 Å². The maximum absolute atomic E-state index is 10.9. The first-order chi connectivity index (χ1) is 9.10. The van der Waals surface area contributed by atoms with E-state index in [4.69, 9.17) is 10.6 Å². The zero-order valence-electron chi connectivity index (χ0n) is 10.0. The lowest BCUT2D eigenvalue weighted by molar-refractivity contribution is -0.385. The number of nitrogens with two attached hydrogens (primary N) is 1. The Labute approximate surface area is 108 Å². The van der Waals surface area contributed by atoms with Gasteiger partial charge in [0.1, 0.15) is 12.1 Å². The second-order valence-corrected chi connectivity index (χ2v) is 3.72. The maximum atomic E-state index is 10.9. The monoisotopic (exact) mass is 261 g/mol. The number of nitro groups is 1. The highest BCUT2D eigenvalue weighted by Gasteiger charge is 2.16. The molecule has 0 saturated heterocycles. The third kappa shape index (κ3) is 2.93. The minimum atomic E-state index is -0.508. The summed E-state index contributed by atoms with van der Waals surface area (Å²) in [5.41, 5.74) is 2.98. The molecule has 0 aliphatic rings. The number of aromatic nitrogens is 2. The predicted octanol–water partition coefficient (Wildman–Crippen LogP) is 1.77. The number of nitrogens with zero attached hydrogens (tertiary/aromatic N) is 3. The van der Waals surface area contributed by atoms with E-state index in [9.17, 15) is 10.1 Å². The van der Waals surface area contributed by atoms with E-state index in [0.717, 1.165) is 5.56 Å². The lowest BCUT2D eigenvalue weighted by Crippen LogP contribution is -2.08. The fraction of sp³-hybridized carbons (Fsp3) is 0.0909. The van der Waals surface area contributed by atoms with Gasteiger partial charge in [0, 0.05) is 12.1 Å². The van der Waals surface area contributed by atoms with Gasteiger partial charge in [0.25, 0.3) is 0 Å². The van der Waals surface area contributed by atoms with Crippen molar-refractivity contribution in [2.24, 2.45) is 5.84 Å². The standard InChI is InChI=1S/C11H11N5O3/c1-7-2-3-9(8(4-7)16(17)18)19-11-5-10(15-12)13-6-14-11/h2-6H,12H2,1H3,(H,13,14,15). The van der Waals surface area contributed by atoms with Crippen LogP contribution in [-0.2, 0) is 0 Å². The van der Waals surface area contributed by atoms with Crippen LogP contribution in [0.3, 0.4) is 0 Å². The lowest BCUT2D eigenvalue weighted by Gasteiger charge is -2.06. The molecule has 8 heteroatoms. The molecule has 0 saturated carbocycles. The van der Waals surface area contributed by atoms with Crippen molar-refractivity contribution >= 4 is 11.5 Å². The van der Waals surface area contributed by atoms with Crippen molar-refractivity contribution in [2.75, 3.05) is 5.43 Å². The molecule has 2 aromatic rings. The average Bonchev–Trinajstić information content (AvgIpc) is 2.41. The summed E-state index contributed by atoms with van der Waals surface area (Å²) in [6.45, 7) is 1.76. The first kappa shape index (κ1) is 12.7. The van der Waals surface area contributed by atoms with Crippen molar-refractivity contribution in [3.8, 4) is 11.6 Å². The van der Waals surface area contributed by atoms with E-state index in [1.165, 1.54) is 24.5 Å². The molecule has 1 aromatic heterocycles. The van der Waals surface area contributed by atoms with Gasteiger partial charge in [-0.25, -0.2) is 15.8 Å². The van der Waals surface area contributed by atoms with Crippen LogP contribution in [0.5, 0.6) is 11.6 Å². The lowest BCUT2D eigenvalue weighted by atomic mass is 10.2. The molecule has 3 N–H and O–H groups in total. The van der Waals surface area contributed by atoms with Crippen LogP contribution in [-0.4, -0.2) is 14.9 Å². The van der Waals surface area contributed by atoms with Gasteiger partial charge in [0.05, 0.1) is 4.92 Å². The smallest absolute Gasteiger partial charge is 0.311 e. The number of hydrogen-bond acceptors (Lipinski definition) is 7. The average molecular weight is 261 g/mol. The molecule has 1 aromatic carbocycles. The van der Waals surface area contributed by atoms with E-state index in [2.05, 4.69) is 15.4 Å². The molecular formula is C11H11N5O3. The van der Waals surface area contributed by atoms with Crippen LogP contribution in [0, 0.1) is 17.0 Å². The molecule has 0 bridgehead atoms. The summed E-state index contributed by atoms with van der Waals surface area (Å²) in [6, 6.07) is 6.10. The molecule has 0 radical (unpaired) electrons. The molecule has 0 fully saturated rings. The minimum Gasteiger partial charge on any atom is -0.432 e. The number of nitrogen functional groups attached to an aromatic ring is 1. The normalized spacial score (nSPS) is 10.0. The summed E-state index contributed by atoms with van der Waals surface area (Å²) in [7, 11) is 0. The van der Waals surface area contributed by atoms with Gasteiger partial charge in [-0.15, -0.1) is 0 Å². The van der Waals surface area contributed by atoms with Crippen LogP contribution in [0.1, 0.15) is 5.56 Å². The molecule has 0 spiro atoms. The molecule has 98 valence electrons. The number of nitro benzene ring substituents is 1. The Kier molecular flexibility index (Phi) is 3.53. The van der Waals surface area contributed by atoms with Crippen molar-refractivity contribution in [3.63, 3.8) is 0 Å². The summed E-state index contributed by atoms with van der Waals surface area (Å²) in [5.74, 6) is 5.82. The number of hydrogen-bond donors (Lipinski definition) is 2. The summed E-state index contributed by atoms with van der Waals surface area (Å²) in [5, 5.41) is 10.9. The van der Waals surface area contributed by atoms with Gasteiger partial charge in [-0.05, 0) is 18.6 Å². The number of ether oxygens (including phenoxy) is 1. The molecule has 1 heterocycles. The molecule has 0 unspecified atom stereocenters. The molecule has 0 atom stereocenters. The number of aryl methyl sites for hydroxylation is 1. The molecular weight excluding hydrogens is 250 g/mol. The van der Waals surface area contributed by atoms with Gasteiger partial charge in [-0.2, -0.15) is 0 Å². The van der Waals surface area contributed by atoms with Crippen LogP contribution in [0.4, 0.5) is 11.5 Å². The minimum absolute atomic E-state index is 0.109. The Balaban J connectivity index is 2.34. The Bertz CT molecular complexity index is 617. The number of nitrogens with one attached hydrogen (secondary N) is 1. The Morgan fingerprint density at radius 1 is 1.37 bits per heavy atom. The topological polar surface area (TPSA) is 116 Å². The zero-order chi connectivity index (χ0) is 13.8. The highest BCUT2D eigenvalue weighted by Crippen LogP contribution is 2.31. The summed E-state index contributed by atoms with van der Waals surface area (Å²) >= 11 is 0. The van der Waals surface area contributed by atoms with Crippen LogP contribution < -0.4 is 16.0 Å². The molecule has 0 amide bonds. The molecule has 19 heavy (non-hydrogen) atoms. The third-order valence-corrected chi connectivity index (χ3v) is 2.32. The van der Waals surface area contributed by atoms with Crippen LogP contribution in [0.25, 0.3) is 0 Å². The first-order valence-electron chi connectivity index (χ1n) is 5.31. The van der Waals surface area contributed by atoms with E-state index in [0.29, 0.717) is 5.82 Å². The van der Waals surface area contributed by atoms with Gasteiger partial charge in [-0.1, -0.05) is 6.07 Å².